The van der Waals surface area contributed by atoms with Crippen LogP contribution in [0.1, 0.15) is 32.0 Å². The Bertz CT molecular complexity index is 479. The third-order valence-electron chi connectivity index (χ3n) is 3.11. The van der Waals surface area contributed by atoms with Crippen LogP contribution in [0.15, 0.2) is 12.3 Å². The van der Waals surface area contributed by atoms with Crippen LogP contribution in [-0.2, 0) is 17.8 Å². The lowest BCUT2D eigenvalue weighted by Crippen LogP contribution is -2.47. The lowest BCUT2D eigenvalue weighted by Gasteiger charge is -2.29. The molecule has 5 nitrogen and oxygen atoms in total. The molecule has 5 heteroatoms. The molecule has 0 aromatic carbocycles. The van der Waals surface area contributed by atoms with Crippen molar-refractivity contribution < 1.29 is 4.79 Å². The maximum atomic E-state index is 11.9. The Morgan fingerprint density at radius 3 is 2.95 bits per heavy atom. The number of anilines is 1. The highest BCUT2D eigenvalue weighted by Gasteiger charge is 2.22. The number of nitrogens with one attached hydrogen (secondary N) is 1. The van der Waals surface area contributed by atoms with Crippen molar-refractivity contribution in [1.82, 2.24) is 15.2 Å². The van der Waals surface area contributed by atoms with E-state index in [9.17, 15) is 4.79 Å². The van der Waals surface area contributed by atoms with E-state index in [0.717, 1.165) is 29.9 Å². The first-order valence-electron chi connectivity index (χ1n) is 6.61. The first kappa shape index (κ1) is 13.8. The third-order valence-corrected chi connectivity index (χ3v) is 3.11. The van der Waals surface area contributed by atoms with E-state index in [-0.39, 0.29) is 11.4 Å². The number of rotatable bonds is 2. The van der Waals surface area contributed by atoms with Gasteiger partial charge in [0.15, 0.2) is 0 Å². The fourth-order valence-corrected chi connectivity index (χ4v) is 2.31. The smallest absolute Gasteiger partial charge is 0.234 e. The van der Waals surface area contributed by atoms with Crippen LogP contribution in [0, 0.1) is 0 Å². The number of carbonyl (C=O) groups is 1. The zero-order valence-electron chi connectivity index (χ0n) is 11.9. The van der Waals surface area contributed by atoms with Crippen LogP contribution in [0.3, 0.4) is 0 Å². The Labute approximate surface area is 114 Å². The molecule has 1 amide bonds. The fraction of sp³-hybridized carbons (Fsp3) is 0.571. The summed E-state index contributed by atoms with van der Waals surface area (Å²) in [4.78, 5) is 18.4. The average Bonchev–Trinajstić information content (AvgIpc) is 2.27. The summed E-state index contributed by atoms with van der Waals surface area (Å²) in [7, 11) is 0. The number of pyridine rings is 1. The van der Waals surface area contributed by atoms with Gasteiger partial charge >= 0.3 is 0 Å². The van der Waals surface area contributed by atoms with Crippen LogP contribution in [0.25, 0.3) is 0 Å². The van der Waals surface area contributed by atoms with Gasteiger partial charge in [-0.05, 0) is 26.8 Å². The summed E-state index contributed by atoms with van der Waals surface area (Å²) in [6, 6.07) is 1.82. The second-order valence-corrected chi connectivity index (χ2v) is 6.08. The highest BCUT2D eigenvalue weighted by molar-refractivity contribution is 5.78. The Kier molecular flexibility index (Phi) is 3.75. The van der Waals surface area contributed by atoms with Crippen molar-refractivity contribution in [2.45, 2.75) is 39.3 Å². The Balaban J connectivity index is 1.99. The molecule has 0 fully saturated rings. The molecule has 0 saturated heterocycles. The SMILES string of the molecule is CC(C)(C)NC(=O)CN1CCc2nccc(N)c2C1. The minimum absolute atomic E-state index is 0.0541. The topological polar surface area (TPSA) is 71.2 Å². The maximum absolute atomic E-state index is 11.9. The van der Waals surface area contributed by atoms with Crippen LogP contribution >= 0.6 is 0 Å². The van der Waals surface area contributed by atoms with Gasteiger partial charge in [-0.3, -0.25) is 14.7 Å². The monoisotopic (exact) mass is 262 g/mol. The summed E-state index contributed by atoms with van der Waals surface area (Å²) < 4.78 is 0. The standard InChI is InChI=1S/C14H22N4O/c1-14(2,3)17-13(19)9-18-7-5-12-10(8-18)11(15)4-6-16-12/h4,6H,5,7-9H2,1-3H3,(H2,15,16)(H,17,19). The van der Waals surface area contributed by atoms with E-state index in [1.54, 1.807) is 6.20 Å². The van der Waals surface area contributed by atoms with Crippen molar-refractivity contribution in [2.75, 3.05) is 18.8 Å². The van der Waals surface area contributed by atoms with Crippen LogP contribution < -0.4 is 11.1 Å². The zero-order chi connectivity index (χ0) is 14.0. The molecule has 0 atom stereocenters. The fourth-order valence-electron chi connectivity index (χ4n) is 2.31. The number of hydrogen-bond acceptors (Lipinski definition) is 4. The number of hydrogen-bond donors (Lipinski definition) is 2. The average molecular weight is 262 g/mol. The van der Waals surface area contributed by atoms with Gasteiger partial charge in [-0.15, -0.1) is 0 Å². The quantitative estimate of drug-likeness (QED) is 0.832. The molecule has 1 aromatic rings. The zero-order valence-corrected chi connectivity index (χ0v) is 11.9. The number of nitrogen functional groups attached to an aromatic ring is 1. The molecule has 0 saturated carbocycles. The number of amides is 1. The second-order valence-electron chi connectivity index (χ2n) is 6.08. The largest absolute Gasteiger partial charge is 0.398 e. The van der Waals surface area contributed by atoms with E-state index in [1.807, 2.05) is 26.8 Å². The predicted octanol–water partition coefficient (Wildman–Crippen LogP) is 0.937. The molecule has 1 aromatic heterocycles. The molecule has 0 aliphatic carbocycles. The van der Waals surface area contributed by atoms with Crippen molar-refractivity contribution in [2.24, 2.45) is 0 Å². The van der Waals surface area contributed by atoms with E-state index < -0.39 is 0 Å². The summed E-state index contributed by atoms with van der Waals surface area (Å²) >= 11 is 0. The lowest BCUT2D eigenvalue weighted by molar-refractivity contribution is -0.123. The van der Waals surface area contributed by atoms with E-state index in [1.165, 1.54) is 0 Å². The molecular weight excluding hydrogens is 240 g/mol. The summed E-state index contributed by atoms with van der Waals surface area (Å²) in [5.74, 6) is 0.0541. The molecule has 3 N–H and O–H groups in total. The van der Waals surface area contributed by atoms with Gasteiger partial charge in [-0.2, -0.15) is 0 Å². The van der Waals surface area contributed by atoms with Gasteiger partial charge in [0.2, 0.25) is 5.91 Å². The molecule has 104 valence electrons. The number of carbonyl (C=O) groups excluding carboxylic acids is 1. The molecule has 19 heavy (non-hydrogen) atoms. The van der Waals surface area contributed by atoms with Crippen LogP contribution in [-0.4, -0.2) is 34.4 Å². The van der Waals surface area contributed by atoms with E-state index >= 15 is 0 Å². The highest BCUT2D eigenvalue weighted by atomic mass is 16.2. The molecule has 0 spiro atoms. The van der Waals surface area contributed by atoms with Crippen LogP contribution in [0.5, 0.6) is 0 Å². The van der Waals surface area contributed by atoms with Gasteiger partial charge in [0.25, 0.3) is 0 Å². The molecule has 2 rings (SSSR count). The number of nitrogens with zero attached hydrogens (tertiary/aromatic N) is 2. The Morgan fingerprint density at radius 1 is 1.53 bits per heavy atom. The third kappa shape index (κ3) is 3.67. The molecule has 0 radical (unpaired) electrons. The van der Waals surface area contributed by atoms with Gasteiger partial charge in [-0.1, -0.05) is 0 Å². The molecule has 2 heterocycles. The van der Waals surface area contributed by atoms with Gasteiger partial charge in [-0.25, -0.2) is 0 Å². The molecule has 0 bridgehead atoms. The van der Waals surface area contributed by atoms with Crippen LogP contribution in [0.4, 0.5) is 5.69 Å². The van der Waals surface area contributed by atoms with Crippen molar-refractivity contribution in [3.63, 3.8) is 0 Å². The van der Waals surface area contributed by atoms with Crippen molar-refractivity contribution >= 4 is 11.6 Å². The maximum Gasteiger partial charge on any atom is 0.234 e. The summed E-state index contributed by atoms with van der Waals surface area (Å²) in [5.41, 5.74) is 8.68. The van der Waals surface area contributed by atoms with Gasteiger partial charge in [0, 0.05) is 48.2 Å². The van der Waals surface area contributed by atoms with Crippen molar-refractivity contribution in [1.29, 1.82) is 0 Å². The molecular formula is C14H22N4O. The van der Waals surface area contributed by atoms with E-state index in [0.29, 0.717) is 13.1 Å². The van der Waals surface area contributed by atoms with Crippen LogP contribution in [0.2, 0.25) is 0 Å². The van der Waals surface area contributed by atoms with E-state index in [2.05, 4.69) is 15.2 Å². The van der Waals surface area contributed by atoms with E-state index in [4.69, 9.17) is 5.73 Å². The van der Waals surface area contributed by atoms with Crippen molar-refractivity contribution in [3.05, 3.63) is 23.5 Å². The summed E-state index contributed by atoms with van der Waals surface area (Å²) in [6.07, 6.45) is 2.60. The highest BCUT2D eigenvalue weighted by Crippen LogP contribution is 2.21. The first-order valence-corrected chi connectivity index (χ1v) is 6.61. The number of nitrogens with two attached hydrogens (primary N) is 1. The van der Waals surface area contributed by atoms with Crippen molar-refractivity contribution in [3.8, 4) is 0 Å². The molecule has 1 aliphatic heterocycles. The summed E-state index contributed by atoms with van der Waals surface area (Å²) in [5, 5.41) is 2.98. The number of fused-ring (bicyclic) bond motifs is 1. The predicted molar refractivity (Wildman–Crippen MR) is 75.5 cm³/mol. The minimum atomic E-state index is -0.189. The Morgan fingerprint density at radius 2 is 2.26 bits per heavy atom. The first-order chi connectivity index (χ1) is 8.85. The normalized spacial score (nSPS) is 15.9. The van der Waals surface area contributed by atoms with Gasteiger partial charge in [0.05, 0.1) is 6.54 Å². The molecule has 0 unspecified atom stereocenters. The minimum Gasteiger partial charge on any atom is -0.398 e. The second kappa shape index (κ2) is 5.17. The van der Waals surface area contributed by atoms with Gasteiger partial charge in [0.1, 0.15) is 0 Å². The number of aromatic nitrogens is 1. The van der Waals surface area contributed by atoms with Gasteiger partial charge < -0.3 is 11.1 Å². The molecule has 1 aliphatic rings. The Hall–Kier alpha value is -1.62. The lowest BCUT2D eigenvalue weighted by atomic mass is 10.0. The summed E-state index contributed by atoms with van der Waals surface area (Å²) in [6.45, 7) is 7.91.